The highest BCUT2D eigenvalue weighted by molar-refractivity contribution is 5.89. The molecule has 2 fully saturated rings. The van der Waals surface area contributed by atoms with Gasteiger partial charge in [-0.15, -0.1) is 0 Å². The summed E-state index contributed by atoms with van der Waals surface area (Å²) in [7, 11) is 0. The highest BCUT2D eigenvalue weighted by Crippen LogP contribution is 2.57. The van der Waals surface area contributed by atoms with Crippen LogP contribution in [-0.4, -0.2) is 42.3 Å². The SMILES string of the molecule is CC1CC1C1CC1CNC(=O)C(CC(=O)O)NC(=O)OCC1c2ccccc2-c2ccccc21. The molecule has 3 aliphatic carbocycles. The van der Waals surface area contributed by atoms with E-state index in [4.69, 9.17) is 4.74 Å². The summed E-state index contributed by atoms with van der Waals surface area (Å²) in [6, 6.07) is 14.9. The van der Waals surface area contributed by atoms with Gasteiger partial charge in [0.2, 0.25) is 5.91 Å². The first-order valence-electron chi connectivity index (χ1n) is 12.0. The molecule has 0 saturated heterocycles. The summed E-state index contributed by atoms with van der Waals surface area (Å²) in [5, 5.41) is 14.5. The Kier molecular flexibility index (Phi) is 6.02. The molecule has 5 atom stereocenters. The van der Waals surface area contributed by atoms with Gasteiger partial charge in [-0.2, -0.15) is 0 Å². The molecule has 3 N–H and O–H groups in total. The predicted octanol–water partition coefficient (Wildman–Crippen LogP) is 3.78. The highest BCUT2D eigenvalue weighted by atomic mass is 16.5. The van der Waals surface area contributed by atoms with Crippen LogP contribution in [0.3, 0.4) is 0 Å². The van der Waals surface area contributed by atoms with E-state index in [0.717, 1.165) is 40.5 Å². The molecular formula is C27H30N2O5. The summed E-state index contributed by atoms with van der Waals surface area (Å²) in [5.74, 6) is 0.931. The zero-order valence-electron chi connectivity index (χ0n) is 19.2. The molecule has 0 radical (unpaired) electrons. The first-order chi connectivity index (χ1) is 16.4. The number of rotatable bonds is 9. The summed E-state index contributed by atoms with van der Waals surface area (Å²) < 4.78 is 5.49. The number of carbonyl (C=O) groups is 3. The maximum absolute atomic E-state index is 12.6. The Labute approximate surface area is 198 Å². The Balaban J connectivity index is 1.16. The van der Waals surface area contributed by atoms with Crippen molar-refractivity contribution in [1.82, 2.24) is 10.6 Å². The Morgan fingerprint density at radius 3 is 2.21 bits per heavy atom. The van der Waals surface area contributed by atoms with Crippen LogP contribution < -0.4 is 10.6 Å². The number of hydrogen-bond donors (Lipinski definition) is 3. The first kappa shape index (κ1) is 22.4. The number of benzene rings is 2. The van der Waals surface area contributed by atoms with Crippen molar-refractivity contribution in [3.05, 3.63) is 59.7 Å². The molecule has 7 heteroatoms. The van der Waals surface area contributed by atoms with Gasteiger partial charge < -0.3 is 20.5 Å². The van der Waals surface area contributed by atoms with E-state index < -0.39 is 30.4 Å². The molecule has 2 saturated carbocycles. The van der Waals surface area contributed by atoms with Crippen LogP contribution in [0.1, 0.15) is 43.2 Å². The van der Waals surface area contributed by atoms with E-state index in [-0.39, 0.29) is 12.5 Å². The third-order valence-corrected chi connectivity index (χ3v) is 7.57. The standard InChI is InChI=1S/C27H30N2O5/c1-15-10-21(15)22-11-16(22)13-28-26(32)24(12-25(30)31)29-27(33)34-14-23-19-8-4-2-6-17(19)18-7-3-5-9-20(18)23/h2-9,15-16,21-24H,10-14H2,1H3,(H,28,32)(H,29,33)(H,30,31). The Hall–Kier alpha value is -3.35. The maximum atomic E-state index is 12.6. The molecule has 7 nitrogen and oxygen atoms in total. The van der Waals surface area contributed by atoms with E-state index >= 15 is 0 Å². The molecule has 5 rings (SSSR count). The third-order valence-electron chi connectivity index (χ3n) is 7.57. The Morgan fingerprint density at radius 1 is 1.00 bits per heavy atom. The van der Waals surface area contributed by atoms with Crippen molar-refractivity contribution < 1.29 is 24.2 Å². The lowest BCUT2D eigenvalue weighted by molar-refractivity contribution is -0.139. The number of fused-ring (bicyclic) bond motifs is 3. The molecule has 0 spiro atoms. The van der Waals surface area contributed by atoms with Crippen LogP contribution in [0, 0.1) is 23.7 Å². The molecule has 5 unspecified atom stereocenters. The molecule has 2 aromatic carbocycles. The second-order valence-electron chi connectivity index (χ2n) is 9.90. The number of carboxylic acid groups (broad SMARTS) is 1. The molecule has 178 valence electrons. The van der Waals surface area contributed by atoms with Gasteiger partial charge in [0.1, 0.15) is 12.6 Å². The predicted molar refractivity (Wildman–Crippen MR) is 126 cm³/mol. The summed E-state index contributed by atoms with van der Waals surface area (Å²) in [6.07, 6.45) is 1.09. The number of carbonyl (C=O) groups excluding carboxylic acids is 2. The summed E-state index contributed by atoms with van der Waals surface area (Å²) >= 11 is 0. The lowest BCUT2D eigenvalue weighted by Gasteiger charge is -2.19. The minimum Gasteiger partial charge on any atom is -0.481 e. The van der Waals surface area contributed by atoms with Crippen molar-refractivity contribution >= 4 is 18.0 Å². The van der Waals surface area contributed by atoms with Crippen LogP contribution in [0.4, 0.5) is 4.79 Å². The van der Waals surface area contributed by atoms with Crippen molar-refractivity contribution in [3.8, 4) is 11.1 Å². The minimum absolute atomic E-state index is 0.102. The van der Waals surface area contributed by atoms with Gasteiger partial charge in [-0.1, -0.05) is 55.5 Å². The van der Waals surface area contributed by atoms with Gasteiger partial charge in [-0.05, 0) is 58.8 Å². The number of ether oxygens (including phenoxy) is 1. The highest BCUT2D eigenvalue weighted by Gasteiger charge is 2.51. The number of alkyl carbamates (subject to hydrolysis) is 1. The van der Waals surface area contributed by atoms with Crippen molar-refractivity contribution in [2.75, 3.05) is 13.2 Å². The molecule has 0 heterocycles. The van der Waals surface area contributed by atoms with Gasteiger partial charge in [0.05, 0.1) is 6.42 Å². The van der Waals surface area contributed by atoms with E-state index in [1.807, 2.05) is 36.4 Å². The second-order valence-corrected chi connectivity index (χ2v) is 9.90. The smallest absolute Gasteiger partial charge is 0.407 e. The maximum Gasteiger partial charge on any atom is 0.407 e. The number of hydrogen-bond acceptors (Lipinski definition) is 4. The fraction of sp³-hybridized carbons (Fsp3) is 0.444. The normalized spacial score (nSPS) is 25.0. The first-order valence-corrected chi connectivity index (χ1v) is 12.0. The van der Waals surface area contributed by atoms with Crippen LogP contribution in [-0.2, 0) is 14.3 Å². The topological polar surface area (TPSA) is 105 Å². The number of amides is 2. The van der Waals surface area contributed by atoms with Crippen molar-refractivity contribution in [3.63, 3.8) is 0 Å². The number of nitrogens with one attached hydrogen (secondary N) is 2. The third kappa shape index (κ3) is 4.65. The van der Waals surface area contributed by atoms with E-state index in [0.29, 0.717) is 18.4 Å². The minimum atomic E-state index is -1.18. The van der Waals surface area contributed by atoms with Crippen LogP contribution in [0.2, 0.25) is 0 Å². The van der Waals surface area contributed by atoms with Crippen molar-refractivity contribution in [2.24, 2.45) is 23.7 Å². The number of aliphatic carboxylic acids is 1. The van der Waals surface area contributed by atoms with Crippen molar-refractivity contribution in [1.29, 1.82) is 0 Å². The van der Waals surface area contributed by atoms with Gasteiger partial charge in [-0.25, -0.2) is 4.79 Å². The largest absolute Gasteiger partial charge is 0.481 e. The Bertz CT molecular complexity index is 1070. The lowest BCUT2D eigenvalue weighted by atomic mass is 9.98. The molecule has 0 aliphatic heterocycles. The lowest BCUT2D eigenvalue weighted by Crippen LogP contribution is -2.48. The molecule has 34 heavy (non-hydrogen) atoms. The second kappa shape index (κ2) is 9.12. The number of carboxylic acids is 1. The summed E-state index contributed by atoms with van der Waals surface area (Å²) in [6.45, 7) is 2.87. The molecule has 3 aliphatic rings. The van der Waals surface area contributed by atoms with Crippen LogP contribution in [0.15, 0.2) is 48.5 Å². The molecule has 2 amide bonds. The van der Waals surface area contributed by atoms with Crippen molar-refractivity contribution in [2.45, 2.75) is 38.1 Å². The fourth-order valence-corrected chi connectivity index (χ4v) is 5.50. The average Bonchev–Trinajstić information content (AvgIpc) is 3.72. The fourth-order valence-electron chi connectivity index (χ4n) is 5.50. The Morgan fingerprint density at radius 2 is 1.62 bits per heavy atom. The molecular weight excluding hydrogens is 432 g/mol. The van der Waals surface area contributed by atoms with E-state index in [1.165, 1.54) is 6.42 Å². The molecule has 2 aromatic rings. The zero-order chi connectivity index (χ0) is 23.8. The van der Waals surface area contributed by atoms with E-state index in [1.54, 1.807) is 0 Å². The van der Waals surface area contributed by atoms with Gasteiger partial charge in [0.15, 0.2) is 0 Å². The zero-order valence-corrected chi connectivity index (χ0v) is 19.2. The van der Waals surface area contributed by atoms with Crippen LogP contribution in [0.25, 0.3) is 11.1 Å². The monoisotopic (exact) mass is 462 g/mol. The average molecular weight is 463 g/mol. The van der Waals surface area contributed by atoms with E-state index in [2.05, 4.69) is 29.7 Å². The van der Waals surface area contributed by atoms with Crippen LogP contribution >= 0.6 is 0 Å². The quantitative estimate of drug-likeness (QED) is 0.526. The summed E-state index contributed by atoms with van der Waals surface area (Å²) in [5.41, 5.74) is 4.41. The molecule has 0 bridgehead atoms. The van der Waals surface area contributed by atoms with Gasteiger partial charge in [0, 0.05) is 12.5 Å². The van der Waals surface area contributed by atoms with Crippen LogP contribution in [0.5, 0.6) is 0 Å². The van der Waals surface area contributed by atoms with Gasteiger partial charge >= 0.3 is 12.1 Å². The molecule has 0 aromatic heterocycles. The van der Waals surface area contributed by atoms with E-state index in [9.17, 15) is 19.5 Å². The summed E-state index contributed by atoms with van der Waals surface area (Å²) in [4.78, 5) is 36.5. The van der Waals surface area contributed by atoms with Gasteiger partial charge in [0.25, 0.3) is 0 Å². The van der Waals surface area contributed by atoms with Gasteiger partial charge in [-0.3, -0.25) is 9.59 Å².